The molecule has 0 radical (unpaired) electrons. The molecule has 7 heteroatoms. The van der Waals surface area contributed by atoms with E-state index in [2.05, 4.69) is 17.4 Å². The SMILES string of the molecule is COc1ccc(-c2cc3nc(-c4ccccc4)cc(NCc4ccc(OC)cc4OC)n3n2)cc1. The first-order valence-electron chi connectivity index (χ1n) is 11.2. The van der Waals surface area contributed by atoms with Crippen LogP contribution in [0.2, 0.25) is 0 Å². The lowest BCUT2D eigenvalue weighted by Gasteiger charge is -2.14. The quantitative estimate of drug-likeness (QED) is 0.316. The van der Waals surface area contributed by atoms with Gasteiger partial charge in [0.15, 0.2) is 5.65 Å². The summed E-state index contributed by atoms with van der Waals surface area (Å²) < 4.78 is 18.0. The number of ether oxygens (including phenoxy) is 3. The minimum atomic E-state index is 0.540. The van der Waals surface area contributed by atoms with Gasteiger partial charge in [0, 0.05) is 41.4 Å². The van der Waals surface area contributed by atoms with Gasteiger partial charge in [-0.1, -0.05) is 30.3 Å². The Balaban J connectivity index is 1.55. The Labute approximate surface area is 203 Å². The summed E-state index contributed by atoms with van der Waals surface area (Å²) in [5.41, 5.74) is 5.47. The van der Waals surface area contributed by atoms with Crippen molar-refractivity contribution in [1.82, 2.24) is 14.6 Å². The molecule has 7 nitrogen and oxygen atoms in total. The second kappa shape index (κ2) is 9.77. The topological polar surface area (TPSA) is 69.9 Å². The van der Waals surface area contributed by atoms with Crippen LogP contribution in [0.3, 0.4) is 0 Å². The van der Waals surface area contributed by atoms with Gasteiger partial charge in [-0.15, -0.1) is 0 Å². The van der Waals surface area contributed by atoms with E-state index in [0.29, 0.717) is 6.54 Å². The van der Waals surface area contributed by atoms with E-state index < -0.39 is 0 Å². The smallest absolute Gasteiger partial charge is 0.158 e. The molecule has 0 bridgehead atoms. The summed E-state index contributed by atoms with van der Waals surface area (Å²) in [6, 6.07) is 27.8. The fraction of sp³-hybridized carbons (Fsp3) is 0.143. The number of hydrogen-bond donors (Lipinski definition) is 1. The molecule has 0 spiro atoms. The second-order valence-corrected chi connectivity index (χ2v) is 7.95. The first kappa shape index (κ1) is 22.3. The minimum absolute atomic E-state index is 0.540. The molecule has 5 aromatic rings. The summed E-state index contributed by atoms with van der Waals surface area (Å²) >= 11 is 0. The van der Waals surface area contributed by atoms with Crippen molar-refractivity contribution in [3.63, 3.8) is 0 Å². The van der Waals surface area contributed by atoms with Gasteiger partial charge in [0.1, 0.15) is 23.1 Å². The van der Waals surface area contributed by atoms with Crippen molar-refractivity contribution >= 4 is 11.5 Å². The Morgan fingerprint density at radius 1 is 0.714 bits per heavy atom. The van der Waals surface area contributed by atoms with Crippen molar-refractivity contribution in [2.24, 2.45) is 0 Å². The summed E-state index contributed by atoms with van der Waals surface area (Å²) in [5.74, 6) is 3.13. The molecule has 176 valence electrons. The number of nitrogens with zero attached hydrogens (tertiary/aromatic N) is 3. The van der Waals surface area contributed by atoms with Gasteiger partial charge in [-0.3, -0.25) is 0 Å². The summed E-state index contributed by atoms with van der Waals surface area (Å²) in [6.45, 7) is 0.540. The van der Waals surface area contributed by atoms with Crippen LogP contribution in [-0.4, -0.2) is 35.9 Å². The van der Waals surface area contributed by atoms with Crippen molar-refractivity contribution in [2.45, 2.75) is 6.54 Å². The number of nitrogens with one attached hydrogen (secondary N) is 1. The summed E-state index contributed by atoms with van der Waals surface area (Å²) in [6.07, 6.45) is 0. The zero-order valence-electron chi connectivity index (χ0n) is 19.9. The average Bonchev–Trinajstić information content (AvgIpc) is 3.36. The van der Waals surface area contributed by atoms with Crippen LogP contribution in [0.1, 0.15) is 5.56 Å². The summed E-state index contributed by atoms with van der Waals surface area (Å²) in [5, 5.41) is 8.38. The number of aromatic nitrogens is 3. The fourth-order valence-corrected chi connectivity index (χ4v) is 3.94. The lowest BCUT2D eigenvalue weighted by atomic mass is 10.1. The van der Waals surface area contributed by atoms with E-state index in [4.69, 9.17) is 24.3 Å². The molecule has 35 heavy (non-hydrogen) atoms. The molecule has 1 N–H and O–H groups in total. The third kappa shape index (κ3) is 4.61. The minimum Gasteiger partial charge on any atom is -0.497 e. The third-order valence-corrected chi connectivity index (χ3v) is 5.84. The molecule has 3 aromatic carbocycles. The van der Waals surface area contributed by atoms with Crippen LogP contribution in [0.5, 0.6) is 17.2 Å². The van der Waals surface area contributed by atoms with E-state index in [0.717, 1.165) is 56.8 Å². The largest absolute Gasteiger partial charge is 0.497 e. The van der Waals surface area contributed by atoms with Crippen molar-refractivity contribution in [3.8, 4) is 39.8 Å². The van der Waals surface area contributed by atoms with Gasteiger partial charge in [-0.2, -0.15) is 9.61 Å². The molecule has 0 saturated heterocycles. The molecule has 5 rings (SSSR count). The highest BCUT2D eigenvalue weighted by molar-refractivity contribution is 5.71. The van der Waals surface area contributed by atoms with Crippen LogP contribution in [0.4, 0.5) is 5.82 Å². The molecule has 0 saturated carbocycles. The van der Waals surface area contributed by atoms with Crippen molar-refractivity contribution in [3.05, 3.63) is 90.5 Å². The molecular formula is C28H26N4O3. The van der Waals surface area contributed by atoms with Crippen LogP contribution >= 0.6 is 0 Å². The first-order valence-corrected chi connectivity index (χ1v) is 11.2. The van der Waals surface area contributed by atoms with Crippen molar-refractivity contribution in [1.29, 1.82) is 0 Å². The van der Waals surface area contributed by atoms with E-state index in [-0.39, 0.29) is 0 Å². The highest BCUT2D eigenvalue weighted by Gasteiger charge is 2.13. The second-order valence-electron chi connectivity index (χ2n) is 7.95. The Bertz CT molecular complexity index is 1450. The zero-order valence-corrected chi connectivity index (χ0v) is 19.9. The number of fused-ring (bicyclic) bond motifs is 1. The van der Waals surface area contributed by atoms with Gasteiger partial charge >= 0.3 is 0 Å². The predicted octanol–water partition coefficient (Wildman–Crippen LogP) is 5.70. The molecular weight excluding hydrogens is 440 g/mol. The van der Waals surface area contributed by atoms with Gasteiger partial charge in [0.05, 0.1) is 32.7 Å². The summed E-state index contributed by atoms with van der Waals surface area (Å²) in [4.78, 5) is 4.89. The van der Waals surface area contributed by atoms with Crippen molar-refractivity contribution < 1.29 is 14.2 Å². The van der Waals surface area contributed by atoms with E-state index in [1.54, 1.807) is 21.3 Å². The average molecular weight is 467 g/mol. The molecule has 0 aliphatic heterocycles. The van der Waals surface area contributed by atoms with Crippen molar-refractivity contribution in [2.75, 3.05) is 26.6 Å². The van der Waals surface area contributed by atoms with Crippen LogP contribution < -0.4 is 19.5 Å². The number of rotatable bonds is 8. The molecule has 0 aliphatic carbocycles. The molecule has 2 heterocycles. The highest BCUT2D eigenvalue weighted by atomic mass is 16.5. The van der Waals surface area contributed by atoms with Crippen LogP contribution in [0.25, 0.3) is 28.2 Å². The van der Waals surface area contributed by atoms with Gasteiger partial charge in [0.2, 0.25) is 0 Å². The molecule has 0 atom stereocenters. The molecule has 2 aromatic heterocycles. The van der Waals surface area contributed by atoms with E-state index >= 15 is 0 Å². The van der Waals surface area contributed by atoms with Gasteiger partial charge in [-0.05, 0) is 36.4 Å². The summed E-state index contributed by atoms with van der Waals surface area (Å²) in [7, 11) is 4.96. The maximum atomic E-state index is 5.57. The number of benzene rings is 3. The lowest BCUT2D eigenvalue weighted by molar-refractivity contribution is 0.391. The Morgan fingerprint density at radius 2 is 1.43 bits per heavy atom. The Morgan fingerprint density at radius 3 is 2.14 bits per heavy atom. The normalized spacial score (nSPS) is 10.8. The molecule has 0 fully saturated rings. The standard InChI is InChI=1S/C28H26N4O3/c1-33-22-12-9-20(10-13-22)25-17-28-30-24(19-7-5-4-6-8-19)16-27(32(28)31-25)29-18-21-11-14-23(34-2)15-26(21)35-3/h4-17,29H,18H2,1-3H3. The Hall–Kier alpha value is -4.52. The van der Waals surface area contributed by atoms with E-state index in [1.807, 2.05) is 77.3 Å². The number of anilines is 1. The maximum Gasteiger partial charge on any atom is 0.158 e. The molecule has 0 amide bonds. The van der Waals surface area contributed by atoms with Gasteiger partial charge in [0.25, 0.3) is 0 Å². The maximum absolute atomic E-state index is 5.57. The predicted molar refractivity (Wildman–Crippen MR) is 137 cm³/mol. The van der Waals surface area contributed by atoms with E-state index in [9.17, 15) is 0 Å². The highest BCUT2D eigenvalue weighted by Crippen LogP contribution is 2.29. The van der Waals surface area contributed by atoms with Crippen LogP contribution in [-0.2, 0) is 6.54 Å². The number of methoxy groups -OCH3 is 3. The number of hydrogen-bond acceptors (Lipinski definition) is 6. The fourth-order valence-electron chi connectivity index (χ4n) is 3.94. The monoisotopic (exact) mass is 466 g/mol. The third-order valence-electron chi connectivity index (χ3n) is 5.84. The van der Waals surface area contributed by atoms with Crippen LogP contribution in [0, 0.1) is 0 Å². The van der Waals surface area contributed by atoms with Gasteiger partial charge in [-0.25, -0.2) is 4.98 Å². The molecule has 0 unspecified atom stereocenters. The first-order chi connectivity index (χ1) is 17.2. The lowest BCUT2D eigenvalue weighted by Crippen LogP contribution is -2.08. The van der Waals surface area contributed by atoms with Crippen LogP contribution in [0.15, 0.2) is 84.9 Å². The Kier molecular flexibility index (Phi) is 6.22. The van der Waals surface area contributed by atoms with Gasteiger partial charge < -0.3 is 19.5 Å². The zero-order chi connectivity index (χ0) is 24.2. The van der Waals surface area contributed by atoms with E-state index in [1.165, 1.54) is 0 Å². The molecule has 0 aliphatic rings.